The van der Waals surface area contributed by atoms with Crippen LogP contribution in [-0.2, 0) is 9.53 Å². The van der Waals surface area contributed by atoms with Crippen molar-refractivity contribution in [1.82, 2.24) is 9.91 Å². The van der Waals surface area contributed by atoms with Crippen LogP contribution in [0.15, 0.2) is 29.4 Å². The van der Waals surface area contributed by atoms with Gasteiger partial charge in [0.25, 0.3) is 0 Å². The van der Waals surface area contributed by atoms with Gasteiger partial charge >= 0.3 is 0 Å². The highest BCUT2D eigenvalue weighted by Gasteiger charge is 2.33. The van der Waals surface area contributed by atoms with Gasteiger partial charge in [0.15, 0.2) is 11.9 Å². The van der Waals surface area contributed by atoms with Crippen LogP contribution in [0, 0.1) is 11.3 Å². The van der Waals surface area contributed by atoms with Crippen molar-refractivity contribution in [3.63, 3.8) is 0 Å². The molecule has 1 aromatic rings. The minimum Gasteiger partial charge on any atom is -0.378 e. The summed E-state index contributed by atoms with van der Waals surface area (Å²) < 4.78 is 5.37. The minimum absolute atomic E-state index is 0.234. The molecule has 2 heterocycles. The maximum absolute atomic E-state index is 11.8. The number of amidine groups is 1. The van der Waals surface area contributed by atoms with Gasteiger partial charge < -0.3 is 9.64 Å². The molecule has 1 saturated heterocycles. The molecule has 0 aromatic heterocycles. The second kappa shape index (κ2) is 5.54. The van der Waals surface area contributed by atoms with Crippen molar-refractivity contribution >= 4 is 11.7 Å². The number of amides is 1. The zero-order chi connectivity index (χ0) is 14.8. The van der Waals surface area contributed by atoms with E-state index in [0.717, 1.165) is 30.1 Å². The fraction of sp³-hybridized carbons (Fsp3) is 0.400. The Morgan fingerprint density at radius 3 is 2.76 bits per heavy atom. The number of ether oxygens (including phenoxy) is 1. The number of hydrogen-bond acceptors (Lipinski definition) is 5. The smallest absolute Gasteiger partial charge is 0.241 e. The van der Waals surface area contributed by atoms with Crippen molar-refractivity contribution in [2.24, 2.45) is 5.10 Å². The number of nitriles is 1. The maximum atomic E-state index is 11.8. The van der Waals surface area contributed by atoms with Gasteiger partial charge in [-0.05, 0) is 0 Å². The summed E-state index contributed by atoms with van der Waals surface area (Å²) in [6.45, 7) is 4.18. The van der Waals surface area contributed by atoms with Crippen LogP contribution in [0.25, 0.3) is 0 Å². The minimum atomic E-state index is -0.663. The van der Waals surface area contributed by atoms with E-state index in [-0.39, 0.29) is 5.91 Å². The van der Waals surface area contributed by atoms with Gasteiger partial charge in [0.05, 0.1) is 19.3 Å². The molecule has 0 spiro atoms. The van der Waals surface area contributed by atoms with E-state index in [9.17, 15) is 10.1 Å². The Labute approximate surface area is 123 Å². The van der Waals surface area contributed by atoms with Crippen LogP contribution in [0.4, 0.5) is 0 Å². The van der Waals surface area contributed by atoms with Gasteiger partial charge in [-0.15, -0.1) is 5.10 Å². The quantitative estimate of drug-likeness (QED) is 0.715. The Kier molecular flexibility index (Phi) is 3.59. The first-order chi connectivity index (χ1) is 10.2. The molecule has 1 amide bonds. The van der Waals surface area contributed by atoms with Crippen molar-refractivity contribution < 1.29 is 9.53 Å². The first kappa shape index (κ1) is 13.6. The molecular formula is C15H16N4O2. The predicted octanol–water partition coefficient (Wildman–Crippen LogP) is 1.11. The van der Waals surface area contributed by atoms with Crippen LogP contribution in [0.5, 0.6) is 0 Å². The number of morpholine rings is 1. The summed E-state index contributed by atoms with van der Waals surface area (Å²) in [7, 11) is 0. The Balaban J connectivity index is 2.08. The number of nitrogens with zero attached hydrogens (tertiary/aromatic N) is 4. The van der Waals surface area contributed by atoms with Crippen LogP contribution in [-0.4, -0.2) is 48.0 Å². The number of carbonyl (C=O) groups is 1. The molecule has 3 rings (SSSR count). The van der Waals surface area contributed by atoms with Crippen LogP contribution < -0.4 is 0 Å². The van der Waals surface area contributed by atoms with Gasteiger partial charge in [0, 0.05) is 31.1 Å². The third kappa shape index (κ3) is 2.36. The van der Waals surface area contributed by atoms with E-state index < -0.39 is 6.04 Å². The van der Waals surface area contributed by atoms with Crippen molar-refractivity contribution in [3.8, 4) is 6.07 Å². The molecule has 1 unspecified atom stereocenters. The Hall–Kier alpha value is -2.39. The molecule has 0 saturated carbocycles. The molecule has 1 atom stereocenters. The Morgan fingerprint density at radius 2 is 2.10 bits per heavy atom. The Morgan fingerprint density at radius 1 is 1.38 bits per heavy atom. The largest absolute Gasteiger partial charge is 0.378 e. The first-order valence-electron chi connectivity index (χ1n) is 6.92. The standard InChI is InChI=1S/C15H16N4O2/c1-11(20)19-14(10-16)12-4-2-3-5-13(12)15(17-19)18-6-8-21-9-7-18/h2-5,14H,6-9H2,1H3. The number of hydrazone groups is 1. The zero-order valence-electron chi connectivity index (χ0n) is 11.8. The van der Waals surface area contributed by atoms with Crippen LogP contribution in [0.3, 0.4) is 0 Å². The molecule has 0 radical (unpaired) electrons. The summed E-state index contributed by atoms with van der Waals surface area (Å²) in [5, 5.41) is 15.1. The summed E-state index contributed by atoms with van der Waals surface area (Å²) in [4.78, 5) is 13.9. The highest BCUT2D eigenvalue weighted by molar-refractivity contribution is 6.02. The van der Waals surface area contributed by atoms with Crippen LogP contribution in [0.1, 0.15) is 24.1 Å². The number of fused-ring (bicyclic) bond motifs is 1. The molecule has 6 heteroatoms. The van der Waals surface area contributed by atoms with Gasteiger partial charge in [0.1, 0.15) is 0 Å². The highest BCUT2D eigenvalue weighted by atomic mass is 16.5. The summed E-state index contributed by atoms with van der Waals surface area (Å²) >= 11 is 0. The second-order valence-electron chi connectivity index (χ2n) is 5.01. The van der Waals surface area contributed by atoms with Crippen molar-refractivity contribution in [2.45, 2.75) is 13.0 Å². The second-order valence-corrected chi connectivity index (χ2v) is 5.01. The van der Waals surface area contributed by atoms with Gasteiger partial charge in [0.2, 0.25) is 5.91 Å². The normalized spacial score (nSPS) is 21.3. The van der Waals surface area contributed by atoms with Crippen molar-refractivity contribution in [1.29, 1.82) is 5.26 Å². The lowest BCUT2D eigenvalue weighted by Gasteiger charge is -2.36. The van der Waals surface area contributed by atoms with Gasteiger partial charge in [-0.2, -0.15) is 5.26 Å². The number of hydrogen-bond donors (Lipinski definition) is 0. The third-order valence-electron chi connectivity index (χ3n) is 3.70. The molecular weight excluding hydrogens is 268 g/mol. The molecule has 0 aliphatic carbocycles. The van der Waals surface area contributed by atoms with Gasteiger partial charge in [-0.3, -0.25) is 4.79 Å². The van der Waals surface area contributed by atoms with E-state index >= 15 is 0 Å². The molecule has 1 fully saturated rings. The lowest BCUT2D eigenvalue weighted by molar-refractivity contribution is -0.130. The van der Waals surface area contributed by atoms with E-state index in [4.69, 9.17) is 4.74 Å². The third-order valence-corrected chi connectivity index (χ3v) is 3.70. The SMILES string of the molecule is CC(=O)N1N=C(N2CCOCC2)c2ccccc2C1C#N. The monoisotopic (exact) mass is 284 g/mol. The average Bonchev–Trinajstić information content (AvgIpc) is 2.54. The Bertz CT molecular complexity index is 629. The molecule has 2 aliphatic rings. The van der Waals surface area contributed by atoms with E-state index in [1.54, 1.807) is 0 Å². The topological polar surface area (TPSA) is 68.9 Å². The molecule has 0 bridgehead atoms. The molecule has 1 aromatic carbocycles. The predicted molar refractivity (Wildman–Crippen MR) is 76.2 cm³/mol. The average molecular weight is 284 g/mol. The maximum Gasteiger partial charge on any atom is 0.241 e. The van der Waals surface area contributed by atoms with Gasteiger partial charge in [-0.1, -0.05) is 24.3 Å². The van der Waals surface area contributed by atoms with Crippen LogP contribution in [0.2, 0.25) is 0 Å². The number of rotatable bonds is 0. The molecule has 0 N–H and O–H groups in total. The summed E-state index contributed by atoms with van der Waals surface area (Å²) in [5.41, 5.74) is 1.75. The van der Waals surface area contributed by atoms with Gasteiger partial charge in [-0.25, -0.2) is 5.01 Å². The van der Waals surface area contributed by atoms with Crippen molar-refractivity contribution in [3.05, 3.63) is 35.4 Å². The lowest BCUT2D eigenvalue weighted by atomic mass is 9.97. The first-order valence-corrected chi connectivity index (χ1v) is 6.92. The molecule has 21 heavy (non-hydrogen) atoms. The fourth-order valence-electron chi connectivity index (χ4n) is 2.67. The highest BCUT2D eigenvalue weighted by Crippen LogP contribution is 2.30. The number of benzene rings is 1. The summed E-state index contributed by atoms with van der Waals surface area (Å²) in [5.74, 6) is 0.511. The van der Waals surface area contributed by atoms with E-state index in [2.05, 4.69) is 16.1 Å². The lowest BCUT2D eigenvalue weighted by Crippen LogP contribution is -2.45. The van der Waals surface area contributed by atoms with E-state index in [0.29, 0.717) is 13.2 Å². The summed E-state index contributed by atoms with van der Waals surface area (Å²) in [6, 6.07) is 9.14. The van der Waals surface area contributed by atoms with E-state index in [1.165, 1.54) is 11.9 Å². The van der Waals surface area contributed by atoms with Crippen molar-refractivity contribution in [2.75, 3.05) is 26.3 Å². The zero-order valence-corrected chi connectivity index (χ0v) is 11.8. The van der Waals surface area contributed by atoms with E-state index in [1.807, 2.05) is 24.3 Å². The number of carbonyl (C=O) groups excluding carboxylic acids is 1. The molecule has 108 valence electrons. The molecule has 2 aliphatic heterocycles. The summed E-state index contributed by atoms with van der Waals surface area (Å²) in [6.07, 6.45) is 0. The van der Waals surface area contributed by atoms with Crippen LogP contribution >= 0.6 is 0 Å². The fourth-order valence-corrected chi connectivity index (χ4v) is 2.67. The molecule has 6 nitrogen and oxygen atoms in total.